The summed E-state index contributed by atoms with van der Waals surface area (Å²) in [6, 6.07) is 17.3. The number of carbonyl (C=O) groups excluding carboxylic acids is 1. The van der Waals surface area contributed by atoms with Crippen LogP contribution in [0.25, 0.3) is 11.3 Å². The number of rotatable bonds is 6. The zero-order chi connectivity index (χ0) is 18.6. The number of carbonyl (C=O) groups is 1. The summed E-state index contributed by atoms with van der Waals surface area (Å²) in [5.74, 6) is 1.27. The first-order valence-corrected chi connectivity index (χ1v) is 8.75. The molecule has 2 heterocycles. The van der Waals surface area contributed by atoms with Gasteiger partial charge in [-0.25, -0.2) is 4.68 Å². The lowest BCUT2D eigenvalue weighted by Gasteiger charge is -2.38. The second-order valence-electron chi connectivity index (χ2n) is 6.37. The summed E-state index contributed by atoms with van der Waals surface area (Å²) >= 11 is 0. The molecule has 1 aliphatic heterocycles. The summed E-state index contributed by atoms with van der Waals surface area (Å²) in [6.45, 7) is 1.22. The van der Waals surface area contributed by atoms with Gasteiger partial charge in [-0.1, -0.05) is 41.6 Å². The van der Waals surface area contributed by atoms with Gasteiger partial charge >= 0.3 is 0 Å². The van der Waals surface area contributed by atoms with Crippen molar-refractivity contribution in [1.29, 1.82) is 0 Å². The van der Waals surface area contributed by atoms with E-state index in [-0.39, 0.29) is 18.6 Å². The van der Waals surface area contributed by atoms with Gasteiger partial charge in [-0.2, -0.15) is 0 Å². The molecule has 0 radical (unpaired) electrons. The predicted octanol–water partition coefficient (Wildman–Crippen LogP) is 2.42. The third-order valence-electron chi connectivity index (χ3n) is 4.57. The van der Waals surface area contributed by atoms with Crippen LogP contribution in [0.1, 0.15) is 6.04 Å². The molecule has 0 unspecified atom stereocenters. The molecule has 0 bridgehead atoms. The van der Waals surface area contributed by atoms with Gasteiger partial charge in [0.2, 0.25) is 0 Å². The summed E-state index contributed by atoms with van der Waals surface area (Å²) in [4.78, 5) is 14.0. The lowest BCUT2D eigenvalue weighted by atomic mass is 10.1. The molecule has 2 aromatic carbocycles. The van der Waals surface area contributed by atoms with Gasteiger partial charge in [-0.05, 0) is 12.1 Å². The van der Waals surface area contributed by atoms with E-state index in [0.29, 0.717) is 24.6 Å². The third kappa shape index (κ3) is 3.76. The van der Waals surface area contributed by atoms with E-state index in [9.17, 15) is 4.79 Å². The Hall–Kier alpha value is -3.35. The fourth-order valence-corrected chi connectivity index (χ4v) is 2.95. The quantitative estimate of drug-likeness (QED) is 0.672. The standard InChI is InChI=1S/C20H20N4O3/c1-26-17-8-5-9-18(10-17)27-14-20(25)23-11-16(12-23)24-13-19(21-22-24)15-6-3-2-4-7-15/h2-10,13,16H,11-12,14H2,1H3. The lowest BCUT2D eigenvalue weighted by Crippen LogP contribution is -2.52. The third-order valence-corrected chi connectivity index (χ3v) is 4.57. The first-order chi connectivity index (χ1) is 13.2. The Kier molecular flexibility index (Phi) is 4.74. The Morgan fingerprint density at radius 2 is 1.89 bits per heavy atom. The molecule has 1 fully saturated rings. The summed E-state index contributed by atoms with van der Waals surface area (Å²) in [5.41, 5.74) is 1.87. The van der Waals surface area contributed by atoms with Crippen molar-refractivity contribution >= 4 is 5.91 Å². The summed E-state index contributed by atoms with van der Waals surface area (Å²) in [6.07, 6.45) is 1.93. The molecule has 0 atom stereocenters. The normalized spacial score (nSPS) is 13.9. The number of benzene rings is 2. The molecular weight excluding hydrogens is 344 g/mol. The maximum atomic E-state index is 12.3. The number of aromatic nitrogens is 3. The van der Waals surface area contributed by atoms with Gasteiger partial charge in [-0.3, -0.25) is 4.79 Å². The van der Waals surface area contributed by atoms with Crippen LogP contribution in [0.4, 0.5) is 0 Å². The average Bonchev–Trinajstić information content (AvgIpc) is 3.16. The maximum absolute atomic E-state index is 12.3. The zero-order valence-corrected chi connectivity index (χ0v) is 15.0. The Morgan fingerprint density at radius 1 is 1.11 bits per heavy atom. The Labute approximate surface area is 157 Å². The summed E-state index contributed by atoms with van der Waals surface area (Å²) in [7, 11) is 1.60. The topological polar surface area (TPSA) is 69.5 Å². The highest BCUT2D eigenvalue weighted by molar-refractivity contribution is 5.78. The second-order valence-corrected chi connectivity index (χ2v) is 6.37. The minimum Gasteiger partial charge on any atom is -0.497 e. The van der Waals surface area contributed by atoms with E-state index in [1.54, 1.807) is 24.1 Å². The van der Waals surface area contributed by atoms with E-state index in [0.717, 1.165) is 11.3 Å². The molecule has 0 spiro atoms. The van der Waals surface area contributed by atoms with Crippen molar-refractivity contribution in [3.05, 3.63) is 60.8 Å². The second kappa shape index (κ2) is 7.49. The van der Waals surface area contributed by atoms with Crippen LogP contribution < -0.4 is 9.47 Å². The smallest absolute Gasteiger partial charge is 0.260 e. The Balaban J connectivity index is 1.29. The Bertz CT molecular complexity index is 920. The van der Waals surface area contributed by atoms with Gasteiger partial charge in [0.25, 0.3) is 5.91 Å². The van der Waals surface area contributed by atoms with Crippen LogP contribution in [-0.2, 0) is 4.79 Å². The highest BCUT2D eigenvalue weighted by atomic mass is 16.5. The fourth-order valence-electron chi connectivity index (χ4n) is 2.95. The molecule has 27 heavy (non-hydrogen) atoms. The van der Waals surface area contributed by atoms with Crippen molar-refractivity contribution in [1.82, 2.24) is 19.9 Å². The minimum absolute atomic E-state index is 0.00646. The molecule has 1 amide bonds. The van der Waals surface area contributed by atoms with E-state index < -0.39 is 0 Å². The lowest BCUT2D eigenvalue weighted by molar-refractivity contribution is -0.139. The Morgan fingerprint density at radius 3 is 2.67 bits per heavy atom. The van der Waals surface area contributed by atoms with E-state index >= 15 is 0 Å². The molecule has 3 aromatic rings. The first kappa shape index (κ1) is 17.1. The molecule has 0 saturated carbocycles. The number of ether oxygens (including phenoxy) is 2. The van der Waals surface area contributed by atoms with Crippen LogP contribution in [-0.4, -0.2) is 52.6 Å². The van der Waals surface area contributed by atoms with Crippen molar-refractivity contribution in [3.8, 4) is 22.8 Å². The van der Waals surface area contributed by atoms with Gasteiger partial charge in [0.05, 0.1) is 19.3 Å². The maximum Gasteiger partial charge on any atom is 0.260 e. The van der Waals surface area contributed by atoms with E-state index in [4.69, 9.17) is 9.47 Å². The molecule has 0 aliphatic carbocycles. The highest BCUT2D eigenvalue weighted by Gasteiger charge is 2.33. The van der Waals surface area contributed by atoms with Crippen molar-refractivity contribution in [2.24, 2.45) is 0 Å². The fraction of sp³-hybridized carbons (Fsp3) is 0.250. The van der Waals surface area contributed by atoms with Crippen molar-refractivity contribution in [2.75, 3.05) is 26.8 Å². The average molecular weight is 364 g/mol. The number of hydrogen-bond acceptors (Lipinski definition) is 5. The molecule has 138 valence electrons. The molecule has 1 aliphatic rings. The van der Waals surface area contributed by atoms with Crippen molar-refractivity contribution < 1.29 is 14.3 Å². The number of amides is 1. The van der Waals surface area contributed by atoms with Crippen LogP contribution in [0.2, 0.25) is 0 Å². The van der Waals surface area contributed by atoms with Gasteiger partial charge in [-0.15, -0.1) is 5.10 Å². The van der Waals surface area contributed by atoms with E-state index in [1.165, 1.54) is 0 Å². The molecule has 1 saturated heterocycles. The number of methoxy groups -OCH3 is 1. The van der Waals surface area contributed by atoms with Crippen LogP contribution in [0.5, 0.6) is 11.5 Å². The summed E-state index contributed by atoms with van der Waals surface area (Å²) < 4.78 is 12.5. The number of nitrogens with zero attached hydrogens (tertiary/aromatic N) is 4. The van der Waals surface area contributed by atoms with Crippen molar-refractivity contribution in [3.63, 3.8) is 0 Å². The predicted molar refractivity (Wildman–Crippen MR) is 99.6 cm³/mol. The number of hydrogen-bond donors (Lipinski definition) is 0. The monoisotopic (exact) mass is 364 g/mol. The molecule has 7 nitrogen and oxygen atoms in total. The van der Waals surface area contributed by atoms with Crippen molar-refractivity contribution in [2.45, 2.75) is 6.04 Å². The van der Waals surface area contributed by atoms with Crippen LogP contribution in [0.15, 0.2) is 60.8 Å². The SMILES string of the molecule is COc1cccc(OCC(=O)N2CC(n3cc(-c4ccccc4)nn3)C2)c1. The minimum atomic E-state index is -0.0440. The van der Waals surface area contributed by atoms with E-state index in [1.807, 2.05) is 53.3 Å². The molecule has 0 N–H and O–H groups in total. The van der Waals surface area contributed by atoms with Gasteiger partial charge in [0.1, 0.15) is 17.2 Å². The van der Waals surface area contributed by atoms with E-state index in [2.05, 4.69) is 10.3 Å². The molecule has 7 heteroatoms. The molecular formula is C20H20N4O3. The molecule has 1 aromatic heterocycles. The highest BCUT2D eigenvalue weighted by Crippen LogP contribution is 2.24. The van der Waals surface area contributed by atoms with Crippen LogP contribution >= 0.6 is 0 Å². The van der Waals surface area contributed by atoms with Crippen LogP contribution in [0, 0.1) is 0 Å². The largest absolute Gasteiger partial charge is 0.497 e. The van der Waals surface area contributed by atoms with Crippen LogP contribution in [0.3, 0.4) is 0 Å². The van der Waals surface area contributed by atoms with Gasteiger partial charge < -0.3 is 14.4 Å². The molecule has 4 rings (SSSR count). The van der Waals surface area contributed by atoms with Gasteiger partial charge in [0, 0.05) is 24.7 Å². The van der Waals surface area contributed by atoms with Gasteiger partial charge in [0.15, 0.2) is 6.61 Å². The summed E-state index contributed by atoms with van der Waals surface area (Å²) in [5, 5.41) is 8.43. The first-order valence-electron chi connectivity index (χ1n) is 8.75. The zero-order valence-electron chi connectivity index (χ0n) is 15.0. The number of likely N-dealkylation sites (tertiary alicyclic amines) is 1.